The van der Waals surface area contributed by atoms with Crippen molar-refractivity contribution in [2.75, 3.05) is 19.7 Å². The Morgan fingerprint density at radius 3 is 2.63 bits per heavy atom. The molecule has 0 unspecified atom stereocenters. The highest BCUT2D eigenvalue weighted by Gasteiger charge is 2.47. The molecule has 2 heterocycles. The van der Waals surface area contributed by atoms with Crippen LogP contribution >= 0.6 is 0 Å². The highest BCUT2D eigenvalue weighted by Crippen LogP contribution is 2.32. The molecule has 0 aromatic carbocycles. The first-order valence-corrected chi connectivity index (χ1v) is 9.47. The van der Waals surface area contributed by atoms with Crippen LogP contribution in [0.4, 0.5) is 0 Å². The summed E-state index contributed by atoms with van der Waals surface area (Å²) < 4.78 is 11.0. The summed E-state index contributed by atoms with van der Waals surface area (Å²) in [7, 11) is 0. The molecule has 2 aliphatic rings. The van der Waals surface area contributed by atoms with E-state index < -0.39 is 23.6 Å². The normalized spacial score (nSPS) is 26.4. The first kappa shape index (κ1) is 21.6. The molecule has 2 N–H and O–H groups in total. The number of aliphatic hydroxyl groups excluding tert-OH is 1. The van der Waals surface area contributed by atoms with Crippen molar-refractivity contribution >= 4 is 11.9 Å². The summed E-state index contributed by atoms with van der Waals surface area (Å²) >= 11 is 0. The second-order valence-electron chi connectivity index (χ2n) is 7.66. The number of hydrogen-bond donors (Lipinski definition) is 2. The van der Waals surface area contributed by atoms with E-state index >= 15 is 0 Å². The maximum atomic E-state index is 12.4. The topological polar surface area (TPSA) is 96.3 Å². The smallest absolute Gasteiger partial charge is 0.341 e. The Bertz CT molecular complexity index is 628. The number of fused-ring (bicyclic) bond motifs is 1. The van der Waals surface area contributed by atoms with E-state index in [1.165, 1.54) is 6.92 Å². The SMILES string of the molecule is C/C=C(/C)C(=O)O[C@@H]1CCN2CC=C(COC(=O)[C@](O)(C(C)C)[C@@H](C)O)[C@H]12. The lowest BCUT2D eigenvalue weighted by molar-refractivity contribution is -0.183. The third kappa shape index (κ3) is 4.25. The van der Waals surface area contributed by atoms with Crippen molar-refractivity contribution < 1.29 is 29.3 Å². The third-order valence-electron chi connectivity index (χ3n) is 5.64. The molecule has 1 fully saturated rings. The molecule has 0 bridgehead atoms. The maximum Gasteiger partial charge on any atom is 0.341 e. The zero-order valence-electron chi connectivity index (χ0n) is 16.8. The van der Waals surface area contributed by atoms with Crippen LogP contribution in [0, 0.1) is 5.92 Å². The van der Waals surface area contributed by atoms with Crippen molar-refractivity contribution in [1.82, 2.24) is 4.90 Å². The molecule has 0 saturated carbocycles. The first-order chi connectivity index (χ1) is 12.6. The standard InChI is InChI=1S/C20H31NO6/c1-6-13(4)18(23)27-16-8-10-21-9-7-15(17(16)21)11-26-19(24)20(25,12(2)3)14(5)22/h6-7,12,14,16-17,22,25H,8-11H2,1-5H3/b13-6-/t14-,16-,17-,20+/m1/s1. The van der Waals surface area contributed by atoms with Gasteiger partial charge >= 0.3 is 11.9 Å². The number of rotatable bonds is 7. The fourth-order valence-corrected chi connectivity index (χ4v) is 3.63. The van der Waals surface area contributed by atoms with E-state index in [0.29, 0.717) is 12.1 Å². The van der Waals surface area contributed by atoms with Crippen molar-refractivity contribution in [3.63, 3.8) is 0 Å². The maximum absolute atomic E-state index is 12.4. The lowest BCUT2D eigenvalue weighted by Gasteiger charge is -2.32. The lowest BCUT2D eigenvalue weighted by Crippen LogP contribution is -2.53. The quantitative estimate of drug-likeness (QED) is 0.388. The zero-order chi connectivity index (χ0) is 20.4. The molecular formula is C20H31NO6. The van der Waals surface area contributed by atoms with Crippen LogP contribution in [-0.4, -0.2) is 70.6 Å². The minimum atomic E-state index is -1.95. The number of esters is 2. The van der Waals surface area contributed by atoms with Gasteiger partial charge in [0.1, 0.15) is 12.7 Å². The molecule has 1 saturated heterocycles. The molecule has 0 amide bonds. The van der Waals surface area contributed by atoms with Crippen LogP contribution in [0.2, 0.25) is 0 Å². The minimum Gasteiger partial charge on any atom is -0.459 e. The van der Waals surface area contributed by atoms with Gasteiger partial charge in [-0.1, -0.05) is 26.0 Å². The van der Waals surface area contributed by atoms with E-state index in [9.17, 15) is 19.8 Å². The van der Waals surface area contributed by atoms with E-state index in [4.69, 9.17) is 9.47 Å². The fourth-order valence-electron chi connectivity index (χ4n) is 3.63. The second-order valence-corrected chi connectivity index (χ2v) is 7.66. The third-order valence-corrected chi connectivity index (χ3v) is 5.64. The second kappa shape index (κ2) is 8.54. The molecule has 0 spiro atoms. The summed E-state index contributed by atoms with van der Waals surface area (Å²) in [6.45, 7) is 9.68. The molecule has 27 heavy (non-hydrogen) atoms. The van der Waals surface area contributed by atoms with Gasteiger partial charge in [0.15, 0.2) is 5.60 Å². The van der Waals surface area contributed by atoms with Crippen molar-refractivity contribution in [1.29, 1.82) is 0 Å². The highest BCUT2D eigenvalue weighted by atomic mass is 16.6. The summed E-state index contributed by atoms with van der Waals surface area (Å²) in [5.41, 5.74) is -0.542. The summed E-state index contributed by atoms with van der Waals surface area (Å²) in [5, 5.41) is 20.4. The van der Waals surface area contributed by atoms with Gasteiger partial charge in [0.2, 0.25) is 0 Å². The number of carbonyl (C=O) groups is 2. The van der Waals surface area contributed by atoms with E-state index in [-0.39, 0.29) is 24.7 Å². The molecule has 7 heteroatoms. The first-order valence-electron chi connectivity index (χ1n) is 9.47. The summed E-state index contributed by atoms with van der Waals surface area (Å²) in [6, 6.07) is -0.120. The number of allylic oxidation sites excluding steroid dienone is 1. The minimum absolute atomic E-state index is 0.00159. The van der Waals surface area contributed by atoms with E-state index in [1.54, 1.807) is 33.8 Å². The number of hydrogen-bond acceptors (Lipinski definition) is 7. The van der Waals surface area contributed by atoms with Crippen molar-refractivity contribution in [2.24, 2.45) is 5.92 Å². The molecule has 0 aromatic heterocycles. The predicted molar refractivity (Wildman–Crippen MR) is 99.8 cm³/mol. The highest BCUT2D eigenvalue weighted by molar-refractivity contribution is 5.87. The van der Waals surface area contributed by atoms with Gasteiger partial charge in [-0.15, -0.1) is 0 Å². The molecule has 4 atom stereocenters. The Balaban J connectivity index is 2.03. The summed E-state index contributed by atoms with van der Waals surface area (Å²) in [5.74, 6) is -1.68. The van der Waals surface area contributed by atoms with Gasteiger partial charge < -0.3 is 19.7 Å². The average molecular weight is 381 g/mol. The van der Waals surface area contributed by atoms with Gasteiger partial charge in [-0.2, -0.15) is 0 Å². The van der Waals surface area contributed by atoms with Gasteiger partial charge in [-0.3, -0.25) is 4.90 Å². The summed E-state index contributed by atoms with van der Waals surface area (Å²) in [4.78, 5) is 26.7. The zero-order valence-corrected chi connectivity index (χ0v) is 16.8. The van der Waals surface area contributed by atoms with E-state index in [1.807, 2.05) is 6.08 Å². The Kier molecular flexibility index (Phi) is 6.83. The predicted octanol–water partition coefficient (Wildman–Crippen LogP) is 1.19. The van der Waals surface area contributed by atoms with Gasteiger partial charge in [-0.25, -0.2) is 9.59 Å². The monoisotopic (exact) mass is 381 g/mol. The van der Waals surface area contributed by atoms with Gasteiger partial charge in [0.25, 0.3) is 0 Å². The molecule has 152 valence electrons. The van der Waals surface area contributed by atoms with Crippen LogP contribution in [0.5, 0.6) is 0 Å². The molecule has 7 nitrogen and oxygen atoms in total. The molecular weight excluding hydrogens is 350 g/mol. The van der Waals surface area contributed by atoms with Gasteiger partial charge in [0.05, 0.1) is 12.1 Å². The Labute approximate surface area is 160 Å². The largest absolute Gasteiger partial charge is 0.459 e. The number of ether oxygens (including phenoxy) is 2. The number of carbonyl (C=O) groups excluding carboxylic acids is 2. The molecule has 2 aliphatic heterocycles. The van der Waals surface area contributed by atoms with Crippen molar-refractivity contribution in [2.45, 2.75) is 64.9 Å². The van der Waals surface area contributed by atoms with E-state index in [2.05, 4.69) is 4.90 Å². The van der Waals surface area contributed by atoms with Crippen LogP contribution in [0.25, 0.3) is 0 Å². The van der Waals surface area contributed by atoms with Gasteiger partial charge in [0, 0.05) is 18.7 Å². The van der Waals surface area contributed by atoms with Crippen LogP contribution < -0.4 is 0 Å². The number of nitrogens with zero attached hydrogens (tertiary/aromatic N) is 1. The van der Waals surface area contributed by atoms with Crippen LogP contribution in [0.1, 0.15) is 41.0 Å². The summed E-state index contributed by atoms with van der Waals surface area (Å²) in [6.07, 6.45) is 2.87. The average Bonchev–Trinajstić information content (AvgIpc) is 3.20. The molecule has 2 rings (SSSR count). The Morgan fingerprint density at radius 1 is 1.41 bits per heavy atom. The van der Waals surface area contributed by atoms with Crippen LogP contribution in [0.3, 0.4) is 0 Å². The Hall–Kier alpha value is -1.70. The van der Waals surface area contributed by atoms with Gasteiger partial charge in [-0.05, 0) is 38.7 Å². The molecule has 0 aromatic rings. The van der Waals surface area contributed by atoms with Crippen molar-refractivity contribution in [3.8, 4) is 0 Å². The fraction of sp³-hybridized carbons (Fsp3) is 0.700. The Morgan fingerprint density at radius 2 is 2.07 bits per heavy atom. The van der Waals surface area contributed by atoms with Crippen molar-refractivity contribution in [3.05, 3.63) is 23.3 Å². The molecule has 0 aliphatic carbocycles. The van der Waals surface area contributed by atoms with E-state index in [0.717, 1.165) is 18.5 Å². The van der Waals surface area contributed by atoms with Crippen LogP contribution in [-0.2, 0) is 19.1 Å². The lowest BCUT2D eigenvalue weighted by atomic mass is 9.85. The number of aliphatic hydroxyl groups is 2. The van der Waals surface area contributed by atoms with Crippen LogP contribution in [0.15, 0.2) is 23.3 Å². The molecule has 0 radical (unpaired) electrons.